The molecular weight excluding hydrogens is 188 g/mol. The van der Waals surface area contributed by atoms with Gasteiger partial charge in [-0.15, -0.1) is 0 Å². The topological polar surface area (TPSA) is 42.7 Å². The van der Waals surface area contributed by atoms with E-state index >= 15 is 0 Å². The van der Waals surface area contributed by atoms with Crippen molar-refractivity contribution >= 4 is 0 Å². The Morgan fingerprint density at radius 3 is 3.00 bits per heavy atom. The van der Waals surface area contributed by atoms with Crippen LogP contribution in [0, 0.1) is 0 Å². The highest BCUT2D eigenvalue weighted by molar-refractivity contribution is 4.86. The Morgan fingerprint density at radius 2 is 2.33 bits per heavy atom. The maximum atomic E-state index is 4.23. The Balaban J connectivity index is 2.34. The third-order valence-electron chi connectivity index (χ3n) is 2.14. The SMILES string of the molecule is C/C=C/CCNCc1ncnn1C(C)C. The second-order valence-corrected chi connectivity index (χ2v) is 3.75. The molecule has 4 heteroatoms. The molecule has 15 heavy (non-hydrogen) atoms. The van der Waals surface area contributed by atoms with Gasteiger partial charge in [0.2, 0.25) is 0 Å². The monoisotopic (exact) mass is 208 g/mol. The Morgan fingerprint density at radius 1 is 1.53 bits per heavy atom. The van der Waals surface area contributed by atoms with E-state index in [4.69, 9.17) is 0 Å². The molecule has 1 aromatic rings. The van der Waals surface area contributed by atoms with Crippen LogP contribution in [0.15, 0.2) is 18.5 Å². The summed E-state index contributed by atoms with van der Waals surface area (Å²) in [6, 6.07) is 0.375. The van der Waals surface area contributed by atoms with Crippen molar-refractivity contribution in [3.63, 3.8) is 0 Å². The van der Waals surface area contributed by atoms with E-state index in [-0.39, 0.29) is 0 Å². The fraction of sp³-hybridized carbons (Fsp3) is 0.636. The second-order valence-electron chi connectivity index (χ2n) is 3.75. The third kappa shape index (κ3) is 3.83. The molecule has 1 rings (SSSR count). The molecule has 0 saturated heterocycles. The summed E-state index contributed by atoms with van der Waals surface area (Å²) in [5, 5.41) is 7.53. The highest BCUT2D eigenvalue weighted by Gasteiger charge is 2.05. The lowest BCUT2D eigenvalue weighted by molar-refractivity contribution is 0.491. The summed E-state index contributed by atoms with van der Waals surface area (Å²) in [6.45, 7) is 8.02. The Labute approximate surface area is 91.4 Å². The zero-order valence-electron chi connectivity index (χ0n) is 9.77. The average Bonchev–Trinajstić information content (AvgIpc) is 2.66. The van der Waals surface area contributed by atoms with Crippen molar-refractivity contribution in [1.29, 1.82) is 0 Å². The fourth-order valence-corrected chi connectivity index (χ4v) is 1.38. The molecule has 0 bridgehead atoms. The molecule has 0 aromatic carbocycles. The van der Waals surface area contributed by atoms with Gasteiger partial charge in [0, 0.05) is 6.04 Å². The minimum absolute atomic E-state index is 0.375. The number of nitrogens with one attached hydrogen (secondary N) is 1. The molecule has 0 fully saturated rings. The zero-order valence-corrected chi connectivity index (χ0v) is 9.77. The maximum Gasteiger partial charge on any atom is 0.141 e. The van der Waals surface area contributed by atoms with Crippen LogP contribution in [0.25, 0.3) is 0 Å². The van der Waals surface area contributed by atoms with Crippen LogP contribution in [0.5, 0.6) is 0 Å². The first-order valence-electron chi connectivity index (χ1n) is 5.46. The lowest BCUT2D eigenvalue weighted by Crippen LogP contribution is -2.19. The minimum Gasteiger partial charge on any atom is -0.310 e. The van der Waals surface area contributed by atoms with Crippen molar-refractivity contribution in [3.05, 3.63) is 24.3 Å². The molecule has 0 amide bonds. The molecule has 0 aliphatic rings. The normalized spacial score (nSPS) is 11.7. The number of rotatable bonds is 6. The summed E-state index contributed by atoms with van der Waals surface area (Å²) in [7, 11) is 0. The third-order valence-corrected chi connectivity index (χ3v) is 2.14. The summed E-state index contributed by atoms with van der Waals surface area (Å²) in [4.78, 5) is 4.23. The molecule has 1 aromatic heterocycles. The van der Waals surface area contributed by atoms with Crippen molar-refractivity contribution in [1.82, 2.24) is 20.1 Å². The van der Waals surface area contributed by atoms with Gasteiger partial charge >= 0.3 is 0 Å². The average molecular weight is 208 g/mol. The van der Waals surface area contributed by atoms with Crippen molar-refractivity contribution < 1.29 is 0 Å². The van der Waals surface area contributed by atoms with Gasteiger partial charge in [-0.05, 0) is 33.7 Å². The van der Waals surface area contributed by atoms with Crippen molar-refractivity contribution in [2.45, 2.75) is 39.8 Å². The van der Waals surface area contributed by atoms with Crippen molar-refractivity contribution in [2.24, 2.45) is 0 Å². The second kappa shape index (κ2) is 6.35. The lowest BCUT2D eigenvalue weighted by Gasteiger charge is -2.09. The van der Waals surface area contributed by atoms with Gasteiger partial charge in [-0.25, -0.2) is 9.67 Å². The summed E-state index contributed by atoms with van der Waals surface area (Å²) >= 11 is 0. The van der Waals surface area contributed by atoms with Crippen molar-refractivity contribution in [2.75, 3.05) is 6.54 Å². The predicted molar refractivity (Wildman–Crippen MR) is 61.5 cm³/mol. The molecule has 0 aliphatic carbocycles. The van der Waals surface area contributed by atoms with E-state index in [2.05, 4.69) is 41.4 Å². The van der Waals surface area contributed by atoms with Crippen LogP contribution in [0.4, 0.5) is 0 Å². The maximum absolute atomic E-state index is 4.23. The van der Waals surface area contributed by atoms with E-state index in [0.717, 1.165) is 25.3 Å². The Bertz CT molecular complexity index is 301. The van der Waals surface area contributed by atoms with Crippen LogP contribution in [0.3, 0.4) is 0 Å². The van der Waals surface area contributed by atoms with E-state index in [1.54, 1.807) is 6.33 Å². The number of allylic oxidation sites excluding steroid dienone is 1. The molecule has 1 heterocycles. The molecule has 0 radical (unpaired) electrons. The Hall–Kier alpha value is -1.16. The molecular formula is C11H20N4. The van der Waals surface area contributed by atoms with Gasteiger partial charge in [0.25, 0.3) is 0 Å². The number of hydrogen-bond donors (Lipinski definition) is 1. The van der Waals surface area contributed by atoms with E-state index in [0.29, 0.717) is 6.04 Å². The van der Waals surface area contributed by atoms with E-state index < -0.39 is 0 Å². The molecule has 1 N–H and O–H groups in total. The van der Waals surface area contributed by atoms with Crippen LogP contribution >= 0.6 is 0 Å². The van der Waals surface area contributed by atoms with Gasteiger partial charge in [-0.1, -0.05) is 12.2 Å². The largest absolute Gasteiger partial charge is 0.310 e. The first-order chi connectivity index (χ1) is 7.25. The molecule has 0 spiro atoms. The number of nitrogens with zero attached hydrogens (tertiary/aromatic N) is 3. The number of hydrogen-bond acceptors (Lipinski definition) is 3. The standard InChI is InChI=1S/C11H20N4/c1-4-5-6-7-12-8-11-13-9-14-15(11)10(2)3/h4-5,9-10,12H,6-8H2,1-3H3/b5-4+. The Kier molecular flexibility index (Phi) is 5.04. The van der Waals surface area contributed by atoms with Gasteiger partial charge in [0.05, 0.1) is 6.54 Å². The van der Waals surface area contributed by atoms with Crippen LogP contribution < -0.4 is 5.32 Å². The minimum atomic E-state index is 0.375. The van der Waals surface area contributed by atoms with Crippen LogP contribution in [-0.4, -0.2) is 21.3 Å². The van der Waals surface area contributed by atoms with Crippen LogP contribution in [0.1, 0.15) is 39.1 Å². The van der Waals surface area contributed by atoms with E-state index in [9.17, 15) is 0 Å². The predicted octanol–water partition coefficient (Wildman–Crippen LogP) is 1.91. The van der Waals surface area contributed by atoms with Gasteiger partial charge in [0.15, 0.2) is 0 Å². The van der Waals surface area contributed by atoms with Gasteiger partial charge < -0.3 is 5.32 Å². The summed E-state index contributed by atoms with van der Waals surface area (Å²) in [5.41, 5.74) is 0. The molecule has 84 valence electrons. The zero-order chi connectivity index (χ0) is 11.1. The van der Waals surface area contributed by atoms with E-state index in [1.807, 2.05) is 11.6 Å². The summed E-state index contributed by atoms with van der Waals surface area (Å²) < 4.78 is 1.95. The summed E-state index contributed by atoms with van der Waals surface area (Å²) in [6.07, 6.45) is 6.90. The molecule has 0 saturated carbocycles. The molecule has 0 unspecified atom stereocenters. The smallest absolute Gasteiger partial charge is 0.141 e. The van der Waals surface area contributed by atoms with Gasteiger partial charge in [0.1, 0.15) is 12.2 Å². The van der Waals surface area contributed by atoms with Crippen LogP contribution in [-0.2, 0) is 6.54 Å². The first-order valence-corrected chi connectivity index (χ1v) is 5.46. The van der Waals surface area contributed by atoms with Gasteiger partial charge in [-0.2, -0.15) is 5.10 Å². The lowest BCUT2D eigenvalue weighted by atomic mass is 10.3. The van der Waals surface area contributed by atoms with Crippen molar-refractivity contribution in [3.8, 4) is 0 Å². The highest BCUT2D eigenvalue weighted by Crippen LogP contribution is 2.04. The van der Waals surface area contributed by atoms with Crippen LogP contribution in [0.2, 0.25) is 0 Å². The fourth-order valence-electron chi connectivity index (χ4n) is 1.38. The number of aromatic nitrogens is 3. The van der Waals surface area contributed by atoms with Gasteiger partial charge in [-0.3, -0.25) is 0 Å². The first kappa shape index (κ1) is 11.9. The van der Waals surface area contributed by atoms with E-state index in [1.165, 1.54) is 0 Å². The summed E-state index contributed by atoms with van der Waals surface area (Å²) in [5.74, 6) is 1.01. The molecule has 0 aliphatic heterocycles. The quantitative estimate of drug-likeness (QED) is 0.573. The highest BCUT2D eigenvalue weighted by atomic mass is 15.3. The molecule has 0 atom stereocenters. The molecule has 4 nitrogen and oxygen atoms in total.